The summed E-state index contributed by atoms with van der Waals surface area (Å²) in [5.41, 5.74) is 0. The van der Waals surface area contributed by atoms with Crippen molar-refractivity contribution in [2.45, 2.75) is 19.0 Å². The van der Waals surface area contributed by atoms with Crippen molar-refractivity contribution in [1.29, 1.82) is 0 Å². The Labute approximate surface area is 122 Å². The van der Waals surface area contributed by atoms with Crippen molar-refractivity contribution in [3.63, 3.8) is 0 Å². The van der Waals surface area contributed by atoms with Crippen molar-refractivity contribution >= 4 is 5.95 Å². The average Bonchev–Trinajstić information content (AvgIpc) is 3.17. The number of rotatable bonds is 3. The summed E-state index contributed by atoms with van der Waals surface area (Å²) in [7, 11) is 1.35. The summed E-state index contributed by atoms with van der Waals surface area (Å²) >= 11 is 0. The molecule has 1 fully saturated rings. The SMILES string of the molecule is COc1nc(-c2noc(C(F)(F)F)n2)nc(N2CCCC2)n1. The molecule has 2 aromatic heterocycles. The van der Waals surface area contributed by atoms with Crippen LogP contribution in [-0.4, -0.2) is 45.3 Å². The number of aromatic nitrogens is 5. The summed E-state index contributed by atoms with van der Waals surface area (Å²) in [6.45, 7) is 1.51. The lowest BCUT2D eigenvalue weighted by Gasteiger charge is -2.15. The van der Waals surface area contributed by atoms with Crippen molar-refractivity contribution in [2.24, 2.45) is 0 Å². The maximum atomic E-state index is 12.5. The molecule has 3 heterocycles. The van der Waals surface area contributed by atoms with Crippen LogP contribution in [0.5, 0.6) is 6.01 Å². The minimum absolute atomic E-state index is 0.0229. The van der Waals surface area contributed by atoms with E-state index in [0.29, 0.717) is 5.95 Å². The second-order valence-corrected chi connectivity index (χ2v) is 4.56. The van der Waals surface area contributed by atoms with Gasteiger partial charge >= 0.3 is 18.1 Å². The standard InChI is InChI=1S/C11H11F3N6O2/c1-21-10-17-6(7-15-8(22-19-7)11(12,13)14)16-9(18-10)20-4-2-3-5-20/h2-5H2,1H3. The van der Waals surface area contributed by atoms with Crippen molar-refractivity contribution in [1.82, 2.24) is 25.1 Å². The van der Waals surface area contributed by atoms with Crippen LogP contribution in [0.3, 0.4) is 0 Å². The average molecular weight is 316 g/mol. The van der Waals surface area contributed by atoms with Crippen LogP contribution < -0.4 is 9.64 Å². The van der Waals surface area contributed by atoms with E-state index in [2.05, 4.69) is 29.6 Å². The number of nitrogens with zero attached hydrogens (tertiary/aromatic N) is 6. The molecule has 0 aliphatic carbocycles. The monoisotopic (exact) mass is 316 g/mol. The van der Waals surface area contributed by atoms with Gasteiger partial charge in [0.25, 0.3) is 0 Å². The molecule has 2 aromatic rings. The Hall–Kier alpha value is -2.46. The smallest absolute Gasteiger partial charge is 0.467 e. The molecule has 8 nitrogen and oxygen atoms in total. The molecule has 118 valence electrons. The summed E-state index contributed by atoms with van der Waals surface area (Å²) in [4.78, 5) is 17.2. The molecule has 0 radical (unpaired) electrons. The molecule has 0 atom stereocenters. The first-order chi connectivity index (χ1) is 10.5. The van der Waals surface area contributed by atoms with Crippen molar-refractivity contribution < 1.29 is 22.4 Å². The van der Waals surface area contributed by atoms with Gasteiger partial charge in [-0.05, 0) is 12.8 Å². The fraction of sp³-hybridized carbons (Fsp3) is 0.545. The number of methoxy groups -OCH3 is 1. The van der Waals surface area contributed by atoms with Gasteiger partial charge in [-0.15, -0.1) is 0 Å². The molecular formula is C11H11F3N6O2. The van der Waals surface area contributed by atoms with Crippen LogP contribution in [0.15, 0.2) is 4.52 Å². The van der Waals surface area contributed by atoms with Crippen molar-refractivity contribution in [3.8, 4) is 17.7 Å². The predicted octanol–water partition coefficient (Wildman–Crippen LogP) is 1.55. The lowest BCUT2D eigenvalue weighted by Crippen LogP contribution is -2.21. The van der Waals surface area contributed by atoms with E-state index < -0.39 is 12.1 Å². The van der Waals surface area contributed by atoms with Crippen LogP contribution in [0.1, 0.15) is 18.7 Å². The van der Waals surface area contributed by atoms with Crippen LogP contribution in [-0.2, 0) is 6.18 Å². The Morgan fingerprint density at radius 1 is 1.05 bits per heavy atom. The third kappa shape index (κ3) is 2.78. The second kappa shape index (κ2) is 5.39. The maximum Gasteiger partial charge on any atom is 0.471 e. The van der Waals surface area contributed by atoms with Gasteiger partial charge in [0.15, 0.2) is 0 Å². The Balaban J connectivity index is 1.98. The van der Waals surface area contributed by atoms with Gasteiger partial charge in [0.2, 0.25) is 17.6 Å². The Morgan fingerprint density at radius 2 is 1.77 bits per heavy atom. The van der Waals surface area contributed by atoms with Crippen LogP contribution >= 0.6 is 0 Å². The molecule has 1 saturated heterocycles. The number of ether oxygens (including phenoxy) is 1. The van der Waals surface area contributed by atoms with E-state index in [0.717, 1.165) is 25.9 Å². The van der Waals surface area contributed by atoms with Gasteiger partial charge < -0.3 is 14.2 Å². The molecule has 0 bridgehead atoms. The van der Waals surface area contributed by atoms with Crippen LogP contribution in [0.4, 0.5) is 19.1 Å². The van der Waals surface area contributed by atoms with E-state index in [1.165, 1.54) is 7.11 Å². The molecule has 22 heavy (non-hydrogen) atoms. The van der Waals surface area contributed by atoms with E-state index >= 15 is 0 Å². The Bertz CT molecular complexity index is 668. The number of anilines is 1. The summed E-state index contributed by atoms with van der Waals surface area (Å²) in [6, 6.07) is -0.0229. The molecule has 0 amide bonds. The molecular weight excluding hydrogens is 305 g/mol. The van der Waals surface area contributed by atoms with Gasteiger partial charge in [-0.2, -0.15) is 33.1 Å². The zero-order valence-electron chi connectivity index (χ0n) is 11.5. The fourth-order valence-corrected chi connectivity index (χ4v) is 2.03. The van der Waals surface area contributed by atoms with E-state index in [1.807, 2.05) is 4.90 Å². The van der Waals surface area contributed by atoms with Crippen molar-refractivity contribution in [2.75, 3.05) is 25.1 Å². The zero-order chi connectivity index (χ0) is 15.7. The highest BCUT2D eigenvalue weighted by Crippen LogP contribution is 2.29. The molecule has 0 N–H and O–H groups in total. The normalized spacial score (nSPS) is 15.4. The number of hydrogen-bond donors (Lipinski definition) is 0. The Morgan fingerprint density at radius 3 is 2.36 bits per heavy atom. The minimum atomic E-state index is -4.72. The van der Waals surface area contributed by atoms with Gasteiger partial charge in [0, 0.05) is 13.1 Å². The van der Waals surface area contributed by atoms with E-state index in [4.69, 9.17) is 4.74 Å². The lowest BCUT2D eigenvalue weighted by atomic mass is 10.4. The van der Waals surface area contributed by atoms with Gasteiger partial charge in [-0.3, -0.25) is 0 Å². The van der Waals surface area contributed by atoms with Gasteiger partial charge in [-0.25, -0.2) is 0 Å². The molecule has 0 spiro atoms. The van der Waals surface area contributed by atoms with E-state index in [-0.39, 0.29) is 17.7 Å². The maximum absolute atomic E-state index is 12.5. The summed E-state index contributed by atoms with van der Waals surface area (Å²) in [5.74, 6) is -1.64. The third-order valence-corrected chi connectivity index (χ3v) is 3.04. The van der Waals surface area contributed by atoms with Crippen LogP contribution in [0.2, 0.25) is 0 Å². The highest BCUT2D eigenvalue weighted by Gasteiger charge is 2.39. The first kappa shape index (κ1) is 14.5. The molecule has 0 saturated carbocycles. The van der Waals surface area contributed by atoms with Crippen molar-refractivity contribution in [3.05, 3.63) is 5.89 Å². The molecule has 0 aromatic carbocycles. The second-order valence-electron chi connectivity index (χ2n) is 4.56. The zero-order valence-corrected chi connectivity index (χ0v) is 11.5. The predicted molar refractivity (Wildman–Crippen MR) is 66.1 cm³/mol. The summed E-state index contributed by atoms with van der Waals surface area (Å²) < 4.78 is 46.6. The van der Waals surface area contributed by atoms with E-state index in [9.17, 15) is 13.2 Å². The minimum Gasteiger partial charge on any atom is -0.467 e. The first-order valence-corrected chi connectivity index (χ1v) is 6.43. The number of alkyl halides is 3. The molecule has 3 rings (SSSR count). The molecule has 11 heteroatoms. The quantitative estimate of drug-likeness (QED) is 0.842. The highest BCUT2D eigenvalue weighted by atomic mass is 19.4. The third-order valence-electron chi connectivity index (χ3n) is 3.04. The van der Waals surface area contributed by atoms with Gasteiger partial charge in [0.1, 0.15) is 0 Å². The van der Waals surface area contributed by atoms with Gasteiger partial charge in [0.05, 0.1) is 7.11 Å². The summed E-state index contributed by atoms with van der Waals surface area (Å²) in [5, 5.41) is 3.26. The largest absolute Gasteiger partial charge is 0.471 e. The lowest BCUT2D eigenvalue weighted by molar-refractivity contribution is -0.159. The van der Waals surface area contributed by atoms with Gasteiger partial charge in [-0.1, -0.05) is 5.16 Å². The first-order valence-electron chi connectivity index (χ1n) is 6.43. The van der Waals surface area contributed by atoms with Crippen LogP contribution in [0, 0.1) is 0 Å². The molecule has 0 unspecified atom stereocenters. The molecule has 1 aliphatic heterocycles. The highest BCUT2D eigenvalue weighted by molar-refractivity contribution is 5.47. The number of hydrogen-bond acceptors (Lipinski definition) is 8. The number of halogens is 3. The van der Waals surface area contributed by atoms with Crippen LogP contribution in [0.25, 0.3) is 11.6 Å². The summed E-state index contributed by atoms with van der Waals surface area (Å²) in [6.07, 6.45) is -2.74. The van der Waals surface area contributed by atoms with E-state index in [1.54, 1.807) is 0 Å². The fourth-order valence-electron chi connectivity index (χ4n) is 2.03. The topological polar surface area (TPSA) is 90.1 Å². The Kier molecular flexibility index (Phi) is 3.54. The molecule has 1 aliphatic rings.